The SMILES string of the molecule is CCOc1ccc(NC(=O)c2ccc(C(C)C)cc2)cc1S(=O)(=O)N1CCOCC1. The number of sulfonamides is 1. The normalized spacial score (nSPS) is 15.2. The zero-order valence-corrected chi connectivity index (χ0v) is 18.4. The van der Waals surface area contributed by atoms with Gasteiger partial charge in [-0.1, -0.05) is 26.0 Å². The maximum absolute atomic E-state index is 13.2. The van der Waals surface area contributed by atoms with Crippen molar-refractivity contribution < 1.29 is 22.7 Å². The molecule has 0 aromatic heterocycles. The molecule has 0 saturated carbocycles. The Kier molecular flexibility index (Phi) is 7.12. The maximum Gasteiger partial charge on any atom is 0.255 e. The highest BCUT2D eigenvalue weighted by molar-refractivity contribution is 7.89. The number of morpholine rings is 1. The van der Waals surface area contributed by atoms with Gasteiger partial charge >= 0.3 is 0 Å². The van der Waals surface area contributed by atoms with Crippen LogP contribution >= 0.6 is 0 Å². The van der Waals surface area contributed by atoms with E-state index in [-0.39, 0.29) is 29.6 Å². The van der Waals surface area contributed by atoms with Gasteiger partial charge in [0.15, 0.2) is 0 Å². The van der Waals surface area contributed by atoms with E-state index in [1.807, 2.05) is 12.1 Å². The van der Waals surface area contributed by atoms with Crippen LogP contribution in [0.1, 0.15) is 42.6 Å². The van der Waals surface area contributed by atoms with Crippen molar-refractivity contribution in [2.24, 2.45) is 0 Å². The Morgan fingerprint density at radius 1 is 1.13 bits per heavy atom. The number of amides is 1. The number of ether oxygens (including phenoxy) is 2. The summed E-state index contributed by atoms with van der Waals surface area (Å²) < 4.78 is 38.5. The lowest BCUT2D eigenvalue weighted by Crippen LogP contribution is -2.40. The van der Waals surface area contributed by atoms with E-state index in [9.17, 15) is 13.2 Å². The van der Waals surface area contributed by atoms with Crippen molar-refractivity contribution in [3.63, 3.8) is 0 Å². The molecule has 0 unspecified atom stereocenters. The molecule has 1 aliphatic rings. The molecule has 0 bridgehead atoms. The van der Waals surface area contributed by atoms with E-state index in [1.54, 1.807) is 31.2 Å². The first-order valence-corrected chi connectivity index (χ1v) is 11.5. The Morgan fingerprint density at radius 3 is 2.40 bits per heavy atom. The van der Waals surface area contributed by atoms with Crippen LogP contribution in [0, 0.1) is 0 Å². The molecule has 1 fully saturated rings. The van der Waals surface area contributed by atoms with Crippen LogP contribution in [0.25, 0.3) is 0 Å². The smallest absolute Gasteiger partial charge is 0.255 e. The standard InChI is InChI=1S/C22H28N2O5S/c1-4-29-20-10-9-19(15-21(20)30(26,27)24-11-13-28-14-12-24)23-22(25)18-7-5-17(6-8-18)16(2)3/h5-10,15-16H,4,11-14H2,1-3H3,(H,23,25). The molecule has 7 nitrogen and oxygen atoms in total. The first kappa shape index (κ1) is 22.3. The first-order valence-electron chi connectivity index (χ1n) is 10.1. The summed E-state index contributed by atoms with van der Waals surface area (Å²) >= 11 is 0. The summed E-state index contributed by atoms with van der Waals surface area (Å²) in [5.41, 5.74) is 2.04. The van der Waals surface area contributed by atoms with Gasteiger partial charge in [-0.15, -0.1) is 0 Å². The predicted molar refractivity (Wildman–Crippen MR) is 116 cm³/mol. The van der Waals surface area contributed by atoms with Crippen LogP contribution < -0.4 is 10.1 Å². The predicted octanol–water partition coefficient (Wildman–Crippen LogP) is 3.48. The van der Waals surface area contributed by atoms with E-state index >= 15 is 0 Å². The lowest BCUT2D eigenvalue weighted by molar-refractivity contribution is 0.0729. The second-order valence-electron chi connectivity index (χ2n) is 7.34. The number of rotatable bonds is 7. The Labute approximate surface area is 178 Å². The van der Waals surface area contributed by atoms with E-state index in [2.05, 4.69) is 19.2 Å². The highest BCUT2D eigenvalue weighted by Gasteiger charge is 2.29. The topological polar surface area (TPSA) is 84.9 Å². The zero-order chi connectivity index (χ0) is 21.7. The molecule has 2 aromatic carbocycles. The van der Waals surface area contributed by atoms with Gasteiger partial charge in [0, 0.05) is 24.3 Å². The van der Waals surface area contributed by atoms with Crippen LogP contribution in [-0.2, 0) is 14.8 Å². The van der Waals surface area contributed by atoms with Crippen molar-refractivity contribution in [3.05, 3.63) is 53.6 Å². The summed E-state index contributed by atoms with van der Waals surface area (Å²) in [5.74, 6) is 0.341. The van der Waals surface area contributed by atoms with Gasteiger partial charge in [-0.2, -0.15) is 4.31 Å². The molecule has 0 atom stereocenters. The van der Waals surface area contributed by atoms with Gasteiger partial charge in [-0.3, -0.25) is 4.79 Å². The summed E-state index contributed by atoms with van der Waals surface area (Å²) in [5, 5.41) is 2.79. The van der Waals surface area contributed by atoms with Gasteiger partial charge in [0.2, 0.25) is 10.0 Å². The number of benzene rings is 2. The fourth-order valence-electron chi connectivity index (χ4n) is 3.21. The molecule has 0 aliphatic carbocycles. The Bertz CT molecular complexity index is 981. The lowest BCUT2D eigenvalue weighted by atomic mass is 10.0. The molecular weight excluding hydrogens is 404 g/mol. The van der Waals surface area contributed by atoms with Crippen molar-refractivity contribution in [2.45, 2.75) is 31.6 Å². The van der Waals surface area contributed by atoms with Crippen LogP contribution in [0.15, 0.2) is 47.4 Å². The number of hydrogen-bond acceptors (Lipinski definition) is 5. The fourth-order valence-corrected chi connectivity index (χ4v) is 4.78. The molecule has 8 heteroatoms. The van der Waals surface area contributed by atoms with Crippen LogP contribution in [-0.4, -0.2) is 51.5 Å². The van der Waals surface area contributed by atoms with E-state index in [0.29, 0.717) is 37.0 Å². The van der Waals surface area contributed by atoms with Gasteiger partial charge in [0.1, 0.15) is 10.6 Å². The van der Waals surface area contributed by atoms with Crippen molar-refractivity contribution in [3.8, 4) is 5.75 Å². The summed E-state index contributed by atoms with van der Waals surface area (Å²) in [7, 11) is -3.78. The van der Waals surface area contributed by atoms with Crippen LogP contribution in [0.2, 0.25) is 0 Å². The molecule has 1 N–H and O–H groups in total. The number of anilines is 1. The number of carbonyl (C=O) groups excluding carboxylic acids is 1. The van der Waals surface area contributed by atoms with E-state index in [0.717, 1.165) is 5.56 Å². The van der Waals surface area contributed by atoms with Gasteiger partial charge in [0.25, 0.3) is 5.91 Å². The highest BCUT2D eigenvalue weighted by Crippen LogP contribution is 2.30. The van der Waals surface area contributed by atoms with E-state index < -0.39 is 10.0 Å². The number of nitrogens with one attached hydrogen (secondary N) is 1. The van der Waals surface area contributed by atoms with Crippen LogP contribution in [0.3, 0.4) is 0 Å². The second kappa shape index (κ2) is 9.59. The molecule has 0 radical (unpaired) electrons. The third-order valence-electron chi connectivity index (χ3n) is 4.93. The average molecular weight is 433 g/mol. The summed E-state index contributed by atoms with van der Waals surface area (Å²) in [6.07, 6.45) is 0. The molecule has 0 spiro atoms. The molecule has 1 saturated heterocycles. The van der Waals surface area contributed by atoms with Crippen molar-refractivity contribution >= 4 is 21.6 Å². The van der Waals surface area contributed by atoms with Gasteiger partial charge in [0.05, 0.1) is 19.8 Å². The second-order valence-corrected chi connectivity index (χ2v) is 9.25. The summed E-state index contributed by atoms with van der Waals surface area (Å²) in [6.45, 7) is 7.58. The first-order chi connectivity index (χ1) is 14.3. The Balaban J connectivity index is 1.87. The molecule has 1 heterocycles. The van der Waals surface area contributed by atoms with E-state index in [4.69, 9.17) is 9.47 Å². The molecular formula is C22H28N2O5S. The Morgan fingerprint density at radius 2 is 1.80 bits per heavy atom. The van der Waals surface area contributed by atoms with Gasteiger partial charge in [-0.05, 0) is 48.7 Å². The number of carbonyl (C=O) groups is 1. The minimum atomic E-state index is -3.78. The van der Waals surface area contributed by atoms with Crippen molar-refractivity contribution in [1.82, 2.24) is 4.31 Å². The van der Waals surface area contributed by atoms with Crippen LogP contribution in [0.5, 0.6) is 5.75 Å². The van der Waals surface area contributed by atoms with Gasteiger partial charge in [-0.25, -0.2) is 8.42 Å². The third kappa shape index (κ3) is 5.00. The fraction of sp³-hybridized carbons (Fsp3) is 0.409. The molecule has 162 valence electrons. The Hall–Kier alpha value is -2.42. The molecule has 30 heavy (non-hydrogen) atoms. The van der Waals surface area contributed by atoms with Crippen molar-refractivity contribution in [2.75, 3.05) is 38.2 Å². The number of hydrogen-bond donors (Lipinski definition) is 1. The zero-order valence-electron chi connectivity index (χ0n) is 17.6. The van der Waals surface area contributed by atoms with E-state index in [1.165, 1.54) is 10.4 Å². The minimum absolute atomic E-state index is 0.0409. The minimum Gasteiger partial charge on any atom is -0.492 e. The largest absolute Gasteiger partial charge is 0.492 e. The summed E-state index contributed by atoms with van der Waals surface area (Å²) in [6, 6.07) is 12.1. The average Bonchev–Trinajstić information content (AvgIpc) is 2.75. The molecule has 2 aromatic rings. The lowest BCUT2D eigenvalue weighted by Gasteiger charge is -2.27. The third-order valence-corrected chi connectivity index (χ3v) is 6.85. The summed E-state index contributed by atoms with van der Waals surface area (Å²) in [4.78, 5) is 12.7. The van der Waals surface area contributed by atoms with Gasteiger partial charge < -0.3 is 14.8 Å². The molecule has 1 amide bonds. The maximum atomic E-state index is 13.2. The molecule has 1 aliphatic heterocycles. The highest BCUT2D eigenvalue weighted by atomic mass is 32.2. The quantitative estimate of drug-likeness (QED) is 0.724. The molecule has 3 rings (SSSR count). The monoisotopic (exact) mass is 432 g/mol. The number of nitrogens with zero attached hydrogens (tertiary/aromatic N) is 1. The van der Waals surface area contributed by atoms with Crippen LogP contribution in [0.4, 0.5) is 5.69 Å². The van der Waals surface area contributed by atoms with Crippen molar-refractivity contribution in [1.29, 1.82) is 0 Å².